The van der Waals surface area contributed by atoms with E-state index in [4.69, 9.17) is 10.5 Å². The van der Waals surface area contributed by atoms with Crippen molar-refractivity contribution in [1.29, 1.82) is 0 Å². The van der Waals surface area contributed by atoms with E-state index in [1.54, 1.807) is 31.4 Å². The average molecular weight is 271 g/mol. The van der Waals surface area contributed by atoms with Crippen LogP contribution in [0.5, 0.6) is 5.75 Å². The Bertz CT molecular complexity index is 582. The van der Waals surface area contributed by atoms with E-state index in [9.17, 15) is 4.79 Å². The van der Waals surface area contributed by atoms with Gasteiger partial charge in [0.2, 0.25) is 0 Å². The van der Waals surface area contributed by atoms with Crippen molar-refractivity contribution in [3.63, 3.8) is 0 Å². The summed E-state index contributed by atoms with van der Waals surface area (Å²) in [7, 11) is 1.60. The van der Waals surface area contributed by atoms with E-state index in [0.717, 1.165) is 11.3 Å². The van der Waals surface area contributed by atoms with Crippen molar-refractivity contribution < 1.29 is 9.53 Å². The number of carbonyl (C=O) groups is 1. The van der Waals surface area contributed by atoms with Crippen LogP contribution in [0, 0.1) is 0 Å². The van der Waals surface area contributed by atoms with Gasteiger partial charge in [0.15, 0.2) is 0 Å². The van der Waals surface area contributed by atoms with Crippen LogP contribution in [0.4, 0.5) is 16.2 Å². The third-order valence-electron chi connectivity index (χ3n) is 2.77. The predicted octanol–water partition coefficient (Wildman–Crippen LogP) is 2.80. The summed E-state index contributed by atoms with van der Waals surface area (Å²) < 4.78 is 5.06. The highest BCUT2D eigenvalue weighted by atomic mass is 16.5. The molecular weight excluding hydrogens is 254 g/mol. The molecular formula is C15H17N3O2. The SMILES string of the molecule is COc1ccc(NC(=O)Nc2cccc(CN)c2)cc1. The van der Waals surface area contributed by atoms with Crippen molar-refractivity contribution in [2.24, 2.45) is 5.73 Å². The molecule has 0 heterocycles. The van der Waals surface area contributed by atoms with Crippen LogP contribution in [-0.4, -0.2) is 13.1 Å². The largest absolute Gasteiger partial charge is 0.497 e. The molecule has 0 radical (unpaired) electrons. The van der Waals surface area contributed by atoms with Gasteiger partial charge in [-0.25, -0.2) is 4.79 Å². The van der Waals surface area contributed by atoms with Crippen LogP contribution in [0.15, 0.2) is 48.5 Å². The number of urea groups is 1. The van der Waals surface area contributed by atoms with E-state index in [1.807, 2.05) is 24.3 Å². The molecule has 0 saturated carbocycles. The van der Waals surface area contributed by atoms with Gasteiger partial charge in [-0.05, 0) is 42.0 Å². The maximum Gasteiger partial charge on any atom is 0.323 e. The van der Waals surface area contributed by atoms with Crippen molar-refractivity contribution in [2.75, 3.05) is 17.7 Å². The quantitative estimate of drug-likeness (QED) is 0.800. The van der Waals surface area contributed by atoms with Crippen LogP contribution in [-0.2, 0) is 6.54 Å². The average Bonchev–Trinajstić information content (AvgIpc) is 2.48. The first-order valence-corrected chi connectivity index (χ1v) is 6.22. The second kappa shape index (κ2) is 6.58. The lowest BCUT2D eigenvalue weighted by Gasteiger charge is -2.09. The third-order valence-corrected chi connectivity index (χ3v) is 2.77. The fourth-order valence-corrected chi connectivity index (χ4v) is 1.74. The number of rotatable bonds is 4. The van der Waals surface area contributed by atoms with Crippen molar-refractivity contribution >= 4 is 17.4 Å². The van der Waals surface area contributed by atoms with Crippen LogP contribution < -0.4 is 21.1 Å². The Morgan fingerprint density at radius 1 is 1.10 bits per heavy atom. The fourth-order valence-electron chi connectivity index (χ4n) is 1.74. The molecule has 0 fully saturated rings. The summed E-state index contributed by atoms with van der Waals surface area (Å²) in [5.74, 6) is 0.742. The summed E-state index contributed by atoms with van der Waals surface area (Å²) >= 11 is 0. The standard InChI is InChI=1S/C15H17N3O2/c1-20-14-7-5-12(6-8-14)17-15(19)18-13-4-2-3-11(9-13)10-16/h2-9H,10,16H2,1H3,(H2,17,18,19). The lowest BCUT2D eigenvalue weighted by Crippen LogP contribution is -2.19. The van der Waals surface area contributed by atoms with E-state index >= 15 is 0 Å². The minimum Gasteiger partial charge on any atom is -0.497 e. The Hall–Kier alpha value is -2.53. The molecule has 0 aliphatic rings. The molecule has 0 aliphatic heterocycles. The van der Waals surface area contributed by atoms with Gasteiger partial charge in [0.1, 0.15) is 5.75 Å². The number of nitrogens with one attached hydrogen (secondary N) is 2. The summed E-state index contributed by atoms with van der Waals surface area (Å²) in [6.45, 7) is 0.440. The maximum absolute atomic E-state index is 11.9. The number of hydrogen-bond donors (Lipinski definition) is 3. The number of nitrogens with two attached hydrogens (primary N) is 1. The van der Waals surface area contributed by atoms with Gasteiger partial charge in [-0.15, -0.1) is 0 Å². The smallest absolute Gasteiger partial charge is 0.323 e. The Morgan fingerprint density at radius 2 is 1.80 bits per heavy atom. The number of hydrogen-bond acceptors (Lipinski definition) is 3. The Labute approximate surface area is 117 Å². The van der Waals surface area contributed by atoms with Gasteiger partial charge in [0.05, 0.1) is 7.11 Å². The van der Waals surface area contributed by atoms with E-state index < -0.39 is 0 Å². The molecule has 5 nitrogen and oxygen atoms in total. The molecule has 2 aromatic carbocycles. The van der Waals surface area contributed by atoms with Gasteiger partial charge in [0, 0.05) is 17.9 Å². The first-order chi connectivity index (χ1) is 9.71. The van der Waals surface area contributed by atoms with Crippen molar-refractivity contribution in [2.45, 2.75) is 6.54 Å². The van der Waals surface area contributed by atoms with Crippen molar-refractivity contribution in [1.82, 2.24) is 0 Å². The fraction of sp³-hybridized carbons (Fsp3) is 0.133. The molecule has 0 spiro atoms. The van der Waals surface area contributed by atoms with Crippen molar-refractivity contribution in [3.8, 4) is 5.75 Å². The number of methoxy groups -OCH3 is 1. The zero-order chi connectivity index (χ0) is 14.4. The number of benzene rings is 2. The lowest BCUT2D eigenvalue weighted by atomic mass is 10.2. The lowest BCUT2D eigenvalue weighted by molar-refractivity contribution is 0.262. The molecule has 0 bridgehead atoms. The minimum atomic E-state index is -0.302. The maximum atomic E-state index is 11.9. The van der Waals surface area contributed by atoms with Gasteiger partial charge in [-0.2, -0.15) is 0 Å². The molecule has 104 valence electrons. The highest BCUT2D eigenvalue weighted by molar-refractivity contribution is 5.99. The summed E-state index contributed by atoms with van der Waals surface area (Å²) in [4.78, 5) is 11.9. The number of amides is 2. The topological polar surface area (TPSA) is 76.4 Å². The molecule has 2 aromatic rings. The van der Waals surface area contributed by atoms with Gasteiger partial charge >= 0.3 is 6.03 Å². The molecule has 0 atom stereocenters. The Balaban J connectivity index is 1.97. The zero-order valence-corrected chi connectivity index (χ0v) is 11.2. The highest BCUT2D eigenvalue weighted by Crippen LogP contribution is 2.16. The van der Waals surface area contributed by atoms with Crippen LogP contribution in [0.2, 0.25) is 0 Å². The molecule has 5 heteroatoms. The first kappa shape index (κ1) is 13.9. The van der Waals surface area contributed by atoms with Crippen LogP contribution in [0.25, 0.3) is 0 Å². The monoisotopic (exact) mass is 271 g/mol. The Morgan fingerprint density at radius 3 is 2.45 bits per heavy atom. The zero-order valence-electron chi connectivity index (χ0n) is 11.2. The molecule has 20 heavy (non-hydrogen) atoms. The number of anilines is 2. The highest BCUT2D eigenvalue weighted by Gasteiger charge is 2.03. The minimum absolute atomic E-state index is 0.302. The van der Waals surface area contributed by atoms with Crippen LogP contribution in [0.3, 0.4) is 0 Å². The number of carbonyl (C=O) groups excluding carboxylic acids is 1. The normalized spacial score (nSPS) is 9.90. The van der Waals surface area contributed by atoms with Gasteiger partial charge in [-0.1, -0.05) is 12.1 Å². The molecule has 0 unspecified atom stereocenters. The molecule has 0 aromatic heterocycles. The molecule has 2 amide bonds. The van der Waals surface area contributed by atoms with Crippen LogP contribution in [0.1, 0.15) is 5.56 Å². The van der Waals surface area contributed by atoms with E-state index in [2.05, 4.69) is 10.6 Å². The predicted molar refractivity (Wildman–Crippen MR) is 80.0 cm³/mol. The van der Waals surface area contributed by atoms with Crippen molar-refractivity contribution in [3.05, 3.63) is 54.1 Å². The first-order valence-electron chi connectivity index (χ1n) is 6.22. The van der Waals surface area contributed by atoms with Crippen LogP contribution >= 0.6 is 0 Å². The summed E-state index contributed by atoms with van der Waals surface area (Å²) in [6.07, 6.45) is 0. The van der Waals surface area contributed by atoms with E-state index in [-0.39, 0.29) is 6.03 Å². The summed E-state index contributed by atoms with van der Waals surface area (Å²) in [6, 6.07) is 14.2. The molecule has 0 saturated heterocycles. The second-order valence-corrected chi connectivity index (χ2v) is 4.21. The Kier molecular flexibility index (Phi) is 4.57. The van der Waals surface area contributed by atoms with Gasteiger partial charge < -0.3 is 21.1 Å². The van der Waals surface area contributed by atoms with Gasteiger partial charge in [-0.3, -0.25) is 0 Å². The molecule has 0 aliphatic carbocycles. The third kappa shape index (κ3) is 3.73. The number of ether oxygens (including phenoxy) is 1. The van der Waals surface area contributed by atoms with Gasteiger partial charge in [0.25, 0.3) is 0 Å². The second-order valence-electron chi connectivity index (χ2n) is 4.21. The molecule has 2 rings (SSSR count). The summed E-state index contributed by atoms with van der Waals surface area (Å²) in [5, 5.41) is 5.50. The molecule has 4 N–H and O–H groups in total. The van der Waals surface area contributed by atoms with E-state index in [1.165, 1.54) is 0 Å². The van der Waals surface area contributed by atoms with E-state index in [0.29, 0.717) is 17.9 Å². The summed E-state index contributed by atoms with van der Waals surface area (Å²) in [5.41, 5.74) is 7.93.